The van der Waals surface area contributed by atoms with Crippen LogP contribution in [0.2, 0.25) is 5.02 Å². The van der Waals surface area contributed by atoms with E-state index in [0.29, 0.717) is 27.6 Å². The van der Waals surface area contributed by atoms with Gasteiger partial charge in [-0.15, -0.1) is 0 Å². The Bertz CT molecular complexity index is 1550. The highest BCUT2D eigenvalue weighted by Gasteiger charge is 2.12. The number of benzene rings is 3. The van der Waals surface area contributed by atoms with E-state index in [1.54, 1.807) is 28.9 Å². The summed E-state index contributed by atoms with van der Waals surface area (Å²) in [7, 11) is 0. The van der Waals surface area contributed by atoms with Crippen LogP contribution >= 0.6 is 23.4 Å². The zero-order chi connectivity index (χ0) is 27.0. The quantitative estimate of drug-likeness (QED) is 0.162. The second kappa shape index (κ2) is 12.9. The third kappa shape index (κ3) is 7.06. The lowest BCUT2D eigenvalue weighted by atomic mass is 10.2. The van der Waals surface area contributed by atoms with Gasteiger partial charge in [-0.3, -0.25) is 0 Å². The molecule has 0 saturated heterocycles. The van der Waals surface area contributed by atoms with Gasteiger partial charge in [-0.1, -0.05) is 35.9 Å². The molecule has 7 nitrogen and oxygen atoms in total. The number of anilines is 2. The maximum absolute atomic E-state index is 13.4. The molecule has 200 valence electrons. The lowest BCUT2D eigenvalue weighted by Crippen LogP contribution is -2.15. The van der Waals surface area contributed by atoms with E-state index in [9.17, 15) is 4.39 Å². The fourth-order valence-electron chi connectivity index (χ4n) is 4.02. The summed E-state index contributed by atoms with van der Waals surface area (Å²) in [4.78, 5) is 8.78. The number of ether oxygens (including phenoxy) is 1. The molecule has 0 bridgehead atoms. The van der Waals surface area contributed by atoms with Crippen LogP contribution in [0.15, 0.2) is 79.3 Å². The van der Waals surface area contributed by atoms with E-state index in [1.165, 1.54) is 29.8 Å². The summed E-state index contributed by atoms with van der Waals surface area (Å²) in [5.41, 5.74) is 4.96. The lowest BCUT2D eigenvalue weighted by Gasteiger charge is -2.11. The van der Waals surface area contributed by atoms with Gasteiger partial charge in [0.2, 0.25) is 0 Å². The number of thioether (sulfide) groups is 1. The molecule has 0 unspecified atom stereocenters. The molecule has 39 heavy (non-hydrogen) atoms. The van der Waals surface area contributed by atoms with Gasteiger partial charge >= 0.3 is 0 Å². The molecule has 0 fully saturated rings. The van der Waals surface area contributed by atoms with Crippen molar-refractivity contribution in [2.75, 3.05) is 23.9 Å². The minimum absolute atomic E-state index is 0.212. The van der Waals surface area contributed by atoms with Crippen LogP contribution in [0, 0.1) is 5.82 Å². The Hall–Kier alpha value is -3.66. The van der Waals surface area contributed by atoms with Crippen LogP contribution in [0.3, 0.4) is 0 Å². The van der Waals surface area contributed by atoms with Crippen LogP contribution < -0.4 is 15.4 Å². The molecule has 0 radical (unpaired) electrons. The number of nitrogens with one attached hydrogen (secondary N) is 2. The molecule has 0 aliphatic heterocycles. The number of rotatable bonds is 12. The average molecular weight is 563 g/mol. The third-order valence-corrected chi connectivity index (χ3v) is 7.01. The number of nitrogens with zero attached hydrogens (tertiary/aromatic N) is 4. The Balaban J connectivity index is 1.26. The van der Waals surface area contributed by atoms with Crippen molar-refractivity contribution in [3.63, 3.8) is 0 Å². The summed E-state index contributed by atoms with van der Waals surface area (Å²) >= 11 is 8.33. The van der Waals surface area contributed by atoms with Crippen molar-refractivity contribution >= 4 is 45.9 Å². The third-order valence-electron chi connectivity index (χ3n) is 6.01. The molecular weight excluding hydrogens is 535 g/mol. The molecule has 2 aromatic heterocycles. The fourth-order valence-corrected chi connectivity index (χ4v) is 4.69. The van der Waals surface area contributed by atoms with Crippen LogP contribution in [0.25, 0.3) is 16.7 Å². The first-order valence-electron chi connectivity index (χ1n) is 12.5. The largest absolute Gasteiger partial charge is 0.487 e. The van der Waals surface area contributed by atoms with Gasteiger partial charge in [0.15, 0.2) is 11.3 Å². The van der Waals surface area contributed by atoms with Crippen LogP contribution in [0.1, 0.15) is 17.5 Å². The first-order valence-corrected chi connectivity index (χ1v) is 14.3. The monoisotopic (exact) mass is 562 g/mol. The van der Waals surface area contributed by atoms with E-state index in [1.807, 2.05) is 36.2 Å². The minimum atomic E-state index is -0.304. The molecule has 2 heterocycles. The van der Waals surface area contributed by atoms with Gasteiger partial charge in [-0.25, -0.2) is 19.0 Å². The maximum Gasteiger partial charge on any atom is 0.162 e. The number of hydrogen-bond donors (Lipinski definition) is 2. The Morgan fingerprint density at radius 3 is 2.69 bits per heavy atom. The second-order valence-corrected chi connectivity index (χ2v) is 10.3. The van der Waals surface area contributed by atoms with Crippen molar-refractivity contribution < 1.29 is 9.13 Å². The maximum atomic E-state index is 13.4. The Morgan fingerprint density at radius 1 is 1.03 bits per heavy atom. The molecule has 5 aromatic rings. The van der Waals surface area contributed by atoms with Crippen LogP contribution in [0.4, 0.5) is 15.9 Å². The van der Waals surface area contributed by atoms with Crippen molar-refractivity contribution in [3.05, 3.63) is 101 Å². The molecule has 0 spiro atoms. The fraction of sp³-hybridized carbons (Fsp3) is 0.207. The van der Waals surface area contributed by atoms with E-state index in [0.717, 1.165) is 36.4 Å². The minimum Gasteiger partial charge on any atom is -0.487 e. The van der Waals surface area contributed by atoms with Crippen molar-refractivity contribution in [2.45, 2.75) is 19.6 Å². The van der Waals surface area contributed by atoms with Gasteiger partial charge in [-0.2, -0.15) is 16.9 Å². The first kappa shape index (κ1) is 26.9. The molecule has 10 heteroatoms. The van der Waals surface area contributed by atoms with Crippen LogP contribution in [0.5, 0.6) is 5.75 Å². The highest BCUT2D eigenvalue weighted by Crippen LogP contribution is 2.31. The Morgan fingerprint density at radius 2 is 1.90 bits per heavy atom. The number of fused-ring (bicyclic) bond motifs is 1. The van der Waals surface area contributed by atoms with Crippen molar-refractivity contribution in [1.29, 1.82) is 0 Å². The summed E-state index contributed by atoms with van der Waals surface area (Å²) in [6, 6.07) is 19.9. The molecule has 0 saturated carbocycles. The highest BCUT2D eigenvalue weighted by molar-refractivity contribution is 7.98. The van der Waals surface area contributed by atoms with Crippen LogP contribution in [-0.4, -0.2) is 38.3 Å². The van der Waals surface area contributed by atoms with Gasteiger partial charge < -0.3 is 15.4 Å². The first-order chi connectivity index (χ1) is 19.1. The predicted octanol–water partition coefficient (Wildman–Crippen LogP) is 6.77. The predicted molar refractivity (Wildman–Crippen MR) is 157 cm³/mol. The molecule has 2 N–H and O–H groups in total. The van der Waals surface area contributed by atoms with Crippen molar-refractivity contribution in [1.82, 2.24) is 25.1 Å². The number of halogens is 2. The SMILES string of the molecule is CSCCCNCc1ccc(-n2cc3ncnc(Nc4ccc(OCc5cccc(F)c5)c(Cl)c4)c3n2)cc1. The van der Waals surface area contributed by atoms with Gasteiger partial charge in [0.1, 0.15) is 30.0 Å². The summed E-state index contributed by atoms with van der Waals surface area (Å²) in [6.07, 6.45) is 6.68. The van der Waals surface area contributed by atoms with Gasteiger partial charge in [0.05, 0.1) is 16.9 Å². The summed E-state index contributed by atoms with van der Waals surface area (Å²) < 4.78 is 21.0. The Kier molecular flexibility index (Phi) is 8.93. The molecule has 0 amide bonds. The van der Waals surface area contributed by atoms with Crippen LogP contribution in [-0.2, 0) is 13.2 Å². The van der Waals surface area contributed by atoms with E-state index >= 15 is 0 Å². The summed E-state index contributed by atoms with van der Waals surface area (Å²) in [5, 5.41) is 11.9. The summed E-state index contributed by atoms with van der Waals surface area (Å²) in [5.74, 6) is 1.93. The average Bonchev–Trinajstić information content (AvgIpc) is 3.38. The van der Waals surface area contributed by atoms with E-state index in [2.05, 4.69) is 39.0 Å². The number of hydrogen-bond acceptors (Lipinski definition) is 7. The second-order valence-electron chi connectivity index (χ2n) is 8.91. The zero-order valence-electron chi connectivity index (χ0n) is 21.4. The molecule has 0 aliphatic carbocycles. The molecule has 3 aromatic carbocycles. The van der Waals surface area contributed by atoms with Gasteiger partial charge in [0, 0.05) is 12.2 Å². The molecule has 5 rings (SSSR count). The van der Waals surface area contributed by atoms with Gasteiger partial charge in [0.25, 0.3) is 0 Å². The summed E-state index contributed by atoms with van der Waals surface area (Å²) in [6.45, 7) is 2.06. The van der Waals surface area contributed by atoms with Crippen molar-refractivity contribution in [3.8, 4) is 11.4 Å². The van der Waals surface area contributed by atoms with E-state index < -0.39 is 0 Å². The molecule has 0 atom stereocenters. The number of aromatic nitrogens is 4. The molecule has 0 aliphatic rings. The highest BCUT2D eigenvalue weighted by atomic mass is 35.5. The molecular formula is C29H28ClFN6OS. The topological polar surface area (TPSA) is 76.9 Å². The smallest absolute Gasteiger partial charge is 0.162 e. The van der Waals surface area contributed by atoms with Crippen molar-refractivity contribution in [2.24, 2.45) is 0 Å². The van der Waals surface area contributed by atoms with E-state index in [-0.39, 0.29) is 12.4 Å². The Labute approximate surface area is 235 Å². The van der Waals surface area contributed by atoms with Gasteiger partial charge in [-0.05, 0) is 78.6 Å². The standard InChI is InChI=1S/C29H28ClFN6OS/c1-39-13-3-12-32-16-20-6-9-24(10-7-20)37-17-26-28(36-37)29(34-19-33-26)35-23-8-11-27(25(30)15-23)38-18-21-4-2-5-22(31)14-21/h2,4-11,14-15,17,19,32H,3,12-13,16,18H2,1H3,(H,33,34,35). The van der Waals surface area contributed by atoms with E-state index in [4.69, 9.17) is 21.4 Å². The lowest BCUT2D eigenvalue weighted by molar-refractivity contribution is 0.306. The zero-order valence-corrected chi connectivity index (χ0v) is 23.0. The normalized spacial score (nSPS) is 11.2.